The second-order valence-corrected chi connectivity index (χ2v) is 11.5. The predicted octanol–water partition coefficient (Wildman–Crippen LogP) is 5.20. The summed E-state index contributed by atoms with van der Waals surface area (Å²) in [4.78, 5) is 58.3. The molecule has 0 spiro atoms. The number of ether oxygens (including phenoxy) is 5. The van der Waals surface area contributed by atoms with Crippen molar-refractivity contribution >= 4 is 23.8 Å². The maximum Gasteiger partial charge on any atom is 0.556 e. The SMILES string of the molecule is COCOc1ccc(OC)c(F)c1C(=O)c1ccc(C(=O)O[N+]2(C(=O)O)CCCCC(NC(=O)c3cc(C)c(OCOC)c(C)c3)C2)cc1. The van der Waals surface area contributed by atoms with E-state index in [1.165, 1.54) is 57.7 Å². The van der Waals surface area contributed by atoms with E-state index in [1.54, 1.807) is 26.0 Å². The van der Waals surface area contributed by atoms with E-state index in [0.717, 1.165) is 11.1 Å². The molecule has 0 aliphatic carbocycles. The molecule has 262 valence electrons. The lowest BCUT2D eigenvalue weighted by atomic mass is 10.00. The van der Waals surface area contributed by atoms with Gasteiger partial charge in [-0.2, -0.15) is 4.79 Å². The van der Waals surface area contributed by atoms with Crippen LogP contribution in [0, 0.1) is 19.7 Å². The summed E-state index contributed by atoms with van der Waals surface area (Å²) in [5.41, 5.74) is 1.43. The third-order valence-electron chi connectivity index (χ3n) is 8.05. The lowest BCUT2D eigenvalue weighted by molar-refractivity contribution is -1.03. The van der Waals surface area contributed by atoms with Crippen LogP contribution in [0.2, 0.25) is 0 Å². The van der Waals surface area contributed by atoms with Gasteiger partial charge in [0.05, 0.1) is 18.7 Å². The van der Waals surface area contributed by atoms with Crippen molar-refractivity contribution < 1.29 is 61.8 Å². The number of carbonyl (C=O) groups is 4. The van der Waals surface area contributed by atoms with E-state index < -0.39 is 40.3 Å². The molecule has 2 atom stereocenters. The number of halogens is 1. The Hall–Kier alpha value is -5.05. The molecule has 49 heavy (non-hydrogen) atoms. The number of carboxylic acid groups (broad SMARTS) is 1. The molecule has 1 saturated heterocycles. The number of quaternary nitrogens is 1. The molecule has 3 aromatic carbocycles. The van der Waals surface area contributed by atoms with E-state index in [-0.39, 0.29) is 54.9 Å². The summed E-state index contributed by atoms with van der Waals surface area (Å²) in [7, 11) is 4.14. The summed E-state index contributed by atoms with van der Waals surface area (Å²) in [6.45, 7) is 3.20. The van der Waals surface area contributed by atoms with Crippen molar-refractivity contribution in [3.63, 3.8) is 0 Å². The van der Waals surface area contributed by atoms with Crippen LogP contribution in [-0.4, -0.2) is 87.6 Å². The van der Waals surface area contributed by atoms with Gasteiger partial charge in [-0.1, -0.05) is 12.1 Å². The molecule has 0 radical (unpaired) electrons. The Kier molecular flexibility index (Phi) is 12.3. The number of hydrogen-bond donors (Lipinski definition) is 2. The van der Waals surface area contributed by atoms with Crippen LogP contribution in [0.5, 0.6) is 17.2 Å². The van der Waals surface area contributed by atoms with Crippen LogP contribution in [0.15, 0.2) is 48.5 Å². The van der Waals surface area contributed by atoms with E-state index >= 15 is 4.39 Å². The number of likely N-dealkylation sites (tertiary alicyclic amines) is 1. The fraction of sp³-hybridized carbons (Fsp3) is 0.371. The number of nitrogens with one attached hydrogen (secondary N) is 1. The molecule has 2 unspecified atom stereocenters. The van der Waals surface area contributed by atoms with Gasteiger partial charge >= 0.3 is 12.1 Å². The van der Waals surface area contributed by atoms with E-state index in [4.69, 9.17) is 28.5 Å². The fourth-order valence-electron chi connectivity index (χ4n) is 5.67. The van der Waals surface area contributed by atoms with Gasteiger partial charge in [0.2, 0.25) is 0 Å². The molecule has 2 N–H and O–H groups in total. The highest BCUT2D eigenvalue weighted by Gasteiger charge is 2.46. The number of hydrogen-bond acceptors (Lipinski definition) is 10. The maximum atomic E-state index is 15.2. The van der Waals surface area contributed by atoms with Crippen LogP contribution in [0.1, 0.15) is 67.0 Å². The minimum absolute atomic E-state index is 0.0207. The molecular weight excluding hydrogens is 643 g/mol. The second-order valence-electron chi connectivity index (χ2n) is 11.5. The average molecular weight is 684 g/mol. The van der Waals surface area contributed by atoms with E-state index in [0.29, 0.717) is 30.6 Å². The van der Waals surface area contributed by atoms with Crippen molar-refractivity contribution in [1.29, 1.82) is 0 Å². The molecule has 0 aromatic heterocycles. The zero-order valence-corrected chi connectivity index (χ0v) is 28.0. The quantitative estimate of drug-likeness (QED) is 0.147. The van der Waals surface area contributed by atoms with Gasteiger partial charge in [-0.15, -0.1) is 0 Å². The van der Waals surface area contributed by atoms with Gasteiger partial charge in [-0.25, -0.2) is 9.18 Å². The summed E-state index contributed by atoms with van der Waals surface area (Å²) < 4.78 is 40.0. The van der Waals surface area contributed by atoms with Crippen molar-refractivity contribution in [2.24, 2.45) is 0 Å². The topological polar surface area (TPSA) is 156 Å². The third-order valence-corrected chi connectivity index (χ3v) is 8.05. The van der Waals surface area contributed by atoms with Crippen LogP contribution in [0.25, 0.3) is 0 Å². The van der Waals surface area contributed by atoms with Gasteiger partial charge in [0.1, 0.15) is 23.6 Å². The van der Waals surface area contributed by atoms with Crippen LogP contribution in [-0.2, 0) is 14.3 Å². The van der Waals surface area contributed by atoms with Gasteiger partial charge in [0.25, 0.3) is 5.91 Å². The first-order valence-electron chi connectivity index (χ1n) is 15.5. The number of aryl methyl sites for hydroxylation is 2. The minimum Gasteiger partial charge on any atom is -0.494 e. The normalized spacial score (nSPS) is 17.4. The largest absolute Gasteiger partial charge is 0.556 e. The molecule has 14 heteroatoms. The van der Waals surface area contributed by atoms with Gasteiger partial charge < -0.3 is 34.1 Å². The maximum absolute atomic E-state index is 15.2. The zero-order chi connectivity index (χ0) is 35.7. The second kappa shape index (κ2) is 16.4. The Balaban J connectivity index is 1.51. The molecule has 0 bridgehead atoms. The Labute approximate surface area is 283 Å². The van der Waals surface area contributed by atoms with Crippen LogP contribution >= 0.6 is 0 Å². The molecule has 1 fully saturated rings. The van der Waals surface area contributed by atoms with Gasteiger partial charge in [-0.05, 0) is 78.9 Å². The highest BCUT2D eigenvalue weighted by Crippen LogP contribution is 2.32. The third kappa shape index (κ3) is 8.52. The minimum atomic E-state index is -1.40. The molecule has 2 amide bonds. The molecule has 3 aromatic rings. The lowest BCUT2D eigenvalue weighted by Gasteiger charge is -2.30. The molecule has 0 saturated carbocycles. The van der Waals surface area contributed by atoms with Crippen LogP contribution in [0.4, 0.5) is 9.18 Å². The summed E-state index contributed by atoms with van der Waals surface area (Å²) in [6, 6.07) is 10.6. The first-order valence-corrected chi connectivity index (χ1v) is 15.5. The number of carbonyl (C=O) groups excluding carboxylic acids is 3. The molecule has 1 aliphatic heterocycles. The smallest absolute Gasteiger partial charge is 0.494 e. The Morgan fingerprint density at radius 1 is 0.857 bits per heavy atom. The van der Waals surface area contributed by atoms with E-state index in [1.807, 2.05) is 0 Å². The molecule has 1 aliphatic rings. The Morgan fingerprint density at radius 2 is 1.47 bits per heavy atom. The molecule has 4 rings (SSSR count). The Bertz CT molecular complexity index is 1670. The van der Waals surface area contributed by atoms with Crippen LogP contribution in [0.3, 0.4) is 0 Å². The van der Waals surface area contributed by atoms with Gasteiger partial charge in [0.15, 0.2) is 37.5 Å². The standard InChI is InChI=1S/C35H39FN2O11/c1-21-16-25(17-22(2)32(21)48-20-45-4)33(40)37-26-8-6-7-15-38(18-26,35(42)43)49-34(41)24-11-9-23(10-12-24)31(39)29-27(47-19-44-3)13-14-28(46-5)30(29)36/h9-14,16-17,26H,6-8,15,18-20H2,1-5H3,(H-,37,40,42,43)/p+1. The van der Waals surface area contributed by atoms with Crippen LogP contribution < -0.4 is 19.5 Å². The highest BCUT2D eigenvalue weighted by atomic mass is 19.1. The van der Waals surface area contributed by atoms with Crippen molar-refractivity contribution in [3.8, 4) is 17.2 Å². The predicted molar refractivity (Wildman–Crippen MR) is 172 cm³/mol. The molecule has 1 heterocycles. The first-order chi connectivity index (χ1) is 23.4. The van der Waals surface area contributed by atoms with E-state index in [2.05, 4.69) is 5.32 Å². The first kappa shape index (κ1) is 36.8. The number of amides is 2. The molecule has 13 nitrogen and oxygen atoms in total. The number of nitrogens with zero attached hydrogens (tertiary/aromatic N) is 1. The number of benzene rings is 3. The summed E-state index contributed by atoms with van der Waals surface area (Å²) >= 11 is 0. The van der Waals surface area contributed by atoms with Crippen molar-refractivity contribution in [1.82, 2.24) is 5.32 Å². The fourth-order valence-corrected chi connectivity index (χ4v) is 5.67. The summed E-state index contributed by atoms with van der Waals surface area (Å²) in [5, 5.41) is 13.2. The number of ketones is 1. The number of methoxy groups -OCH3 is 3. The van der Waals surface area contributed by atoms with Gasteiger partial charge in [-0.3, -0.25) is 14.4 Å². The van der Waals surface area contributed by atoms with Crippen molar-refractivity contribution in [3.05, 3.63) is 87.7 Å². The highest BCUT2D eigenvalue weighted by molar-refractivity contribution is 6.11. The number of rotatable bonds is 12. The molecular formula is C35H40FN2O11+. The number of hydroxylamine groups is 3. The summed E-state index contributed by atoms with van der Waals surface area (Å²) in [6.07, 6.45) is 0.0791. The Morgan fingerprint density at radius 3 is 2.08 bits per heavy atom. The average Bonchev–Trinajstić information content (AvgIpc) is 3.29. The lowest BCUT2D eigenvalue weighted by Crippen LogP contribution is -2.58. The van der Waals surface area contributed by atoms with Crippen molar-refractivity contribution in [2.75, 3.05) is 48.0 Å². The monoisotopic (exact) mass is 683 g/mol. The van der Waals surface area contributed by atoms with Gasteiger partial charge in [0, 0.05) is 31.8 Å². The summed E-state index contributed by atoms with van der Waals surface area (Å²) in [5.74, 6) is -2.67. The van der Waals surface area contributed by atoms with Crippen molar-refractivity contribution in [2.45, 2.75) is 39.2 Å². The van der Waals surface area contributed by atoms with E-state index in [9.17, 15) is 24.3 Å². The zero-order valence-electron chi connectivity index (χ0n) is 28.0.